The van der Waals surface area contributed by atoms with Gasteiger partial charge in [-0.25, -0.2) is 0 Å². The van der Waals surface area contributed by atoms with Crippen LogP contribution in [-0.4, -0.2) is 61.3 Å². The minimum atomic E-state index is 0.391. The van der Waals surface area contributed by atoms with Crippen molar-refractivity contribution >= 4 is 0 Å². The average Bonchev–Trinajstić information content (AvgIpc) is 2.33. The van der Waals surface area contributed by atoms with E-state index in [-0.39, 0.29) is 0 Å². The van der Waals surface area contributed by atoms with Crippen LogP contribution in [0.25, 0.3) is 0 Å². The molecule has 0 saturated carbocycles. The van der Waals surface area contributed by atoms with Crippen LogP contribution in [0, 0.1) is 11.8 Å². The van der Waals surface area contributed by atoms with Crippen molar-refractivity contribution in [3.05, 3.63) is 0 Å². The van der Waals surface area contributed by atoms with Gasteiger partial charge in [0.1, 0.15) is 0 Å². The Labute approximate surface area is 125 Å². The Morgan fingerprint density at radius 2 is 1.70 bits per heavy atom. The lowest BCUT2D eigenvalue weighted by molar-refractivity contribution is -0.0798. The second kappa shape index (κ2) is 7.24. The molecule has 0 aromatic heterocycles. The van der Waals surface area contributed by atoms with E-state index in [0.717, 1.165) is 24.9 Å². The summed E-state index contributed by atoms with van der Waals surface area (Å²) < 4.78 is 5.84. The van der Waals surface area contributed by atoms with Crippen LogP contribution in [0.15, 0.2) is 0 Å². The van der Waals surface area contributed by atoms with Crippen molar-refractivity contribution in [1.29, 1.82) is 0 Å². The SMILES string of the molecule is CC1CC(CCC(C)N2CC(C)OC(C)C2)CN(C)C1. The highest BCUT2D eigenvalue weighted by molar-refractivity contribution is 4.80. The van der Waals surface area contributed by atoms with E-state index in [2.05, 4.69) is 44.5 Å². The maximum Gasteiger partial charge on any atom is 0.0678 e. The first-order valence-electron chi connectivity index (χ1n) is 8.52. The summed E-state index contributed by atoms with van der Waals surface area (Å²) in [5.74, 6) is 1.78. The van der Waals surface area contributed by atoms with E-state index in [4.69, 9.17) is 4.74 Å². The van der Waals surface area contributed by atoms with E-state index in [0.29, 0.717) is 18.2 Å². The van der Waals surface area contributed by atoms with Gasteiger partial charge < -0.3 is 9.64 Å². The largest absolute Gasteiger partial charge is 0.373 e. The molecule has 2 saturated heterocycles. The molecule has 2 rings (SSSR count). The van der Waals surface area contributed by atoms with Crippen LogP contribution in [-0.2, 0) is 4.74 Å². The van der Waals surface area contributed by atoms with Crippen molar-refractivity contribution in [2.45, 2.75) is 65.2 Å². The van der Waals surface area contributed by atoms with Crippen LogP contribution < -0.4 is 0 Å². The van der Waals surface area contributed by atoms with Crippen LogP contribution in [0.2, 0.25) is 0 Å². The summed E-state index contributed by atoms with van der Waals surface area (Å²) in [7, 11) is 2.28. The molecule has 3 heteroatoms. The summed E-state index contributed by atoms with van der Waals surface area (Å²) in [6.07, 6.45) is 4.93. The van der Waals surface area contributed by atoms with E-state index in [9.17, 15) is 0 Å². The highest BCUT2D eigenvalue weighted by Crippen LogP contribution is 2.26. The molecule has 0 bridgehead atoms. The Morgan fingerprint density at radius 1 is 1.05 bits per heavy atom. The summed E-state index contributed by atoms with van der Waals surface area (Å²) >= 11 is 0. The average molecular weight is 282 g/mol. The van der Waals surface area contributed by atoms with Crippen LogP contribution >= 0.6 is 0 Å². The number of hydrogen-bond acceptors (Lipinski definition) is 3. The fourth-order valence-corrected chi connectivity index (χ4v) is 4.21. The van der Waals surface area contributed by atoms with E-state index in [1.165, 1.54) is 32.4 Å². The highest BCUT2D eigenvalue weighted by atomic mass is 16.5. The monoisotopic (exact) mass is 282 g/mol. The fourth-order valence-electron chi connectivity index (χ4n) is 4.21. The Morgan fingerprint density at radius 3 is 2.30 bits per heavy atom. The maximum atomic E-state index is 5.84. The molecule has 2 aliphatic rings. The molecule has 0 N–H and O–H groups in total. The van der Waals surface area contributed by atoms with Crippen LogP contribution in [0.3, 0.4) is 0 Å². The Kier molecular flexibility index (Phi) is 5.88. The molecule has 0 radical (unpaired) electrons. The molecule has 5 atom stereocenters. The van der Waals surface area contributed by atoms with Gasteiger partial charge in [-0.15, -0.1) is 0 Å². The summed E-state index contributed by atoms with van der Waals surface area (Å²) in [5.41, 5.74) is 0. The Hall–Kier alpha value is -0.120. The first-order chi connectivity index (χ1) is 9.44. The molecule has 2 fully saturated rings. The first kappa shape index (κ1) is 16.3. The predicted molar refractivity (Wildman–Crippen MR) is 85.0 cm³/mol. The summed E-state index contributed by atoms with van der Waals surface area (Å²) in [5, 5.41) is 0. The van der Waals surface area contributed by atoms with Crippen LogP contribution in [0.4, 0.5) is 0 Å². The third kappa shape index (κ3) is 4.71. The molecule has 118 valence electrons. The molecule has 2 heterocycles. The van der Waals surface area contributed by atoms with E-state index < -0.39 is 0 Å². The van der Waals surface area contributed by atoms with Crippen molar-refractivity contribution in [1.82, 2.24) is 9.80 Å². The highest BCUT2D eigenvalue weighted by Gasteiger charge is 2.27. The van der Waals surface area contributed by atoms with Crippen molar-refractivity contribution in [3.63, 3.8) is 0 Å². The first-order valence-corrected chi connectivity index (χ1v) is 8.52. The lowest BCUT2D eigenvalue weighted by Gasteiger charge is -2.40. The minimum absolute atomic E-state index is 0.391. The molecule has 0 aromatic carbocycles. The molecule has 0 amide bonds. The number of nitrogens with zero attached hydrogens (tertiary/aromatic N) is 2. The van der Waals surface area contributed by atoms with Gasteiger partial charge in [0, 0.05) is 32.2 Å². The van der Waals surface area contributed by atoms with Gasteiger partial charge in [-0.3, -0.25) is 4.90 Å². The van der Waals surface area contributed by atoms with E-state index in [1.807, 2.05) is 0 Å². The van der Waals surface area contributed by atoms with Crippen molar-refractivity contribution in [3.8, 4) is 0 Å². The zero-order chi connectivity index (χ0) is 14.7. The third-order valence-corrected chi connectivity index (χ3v) is 4.99. The van der Waals surface area contributed by atoms with Gasteiger partial charge in [-0.1, -0.05) is 6.92 Å². The van der Waals surface area contributed by atoms with Gasteiger partial charge in [0.15, 0.2) is 0 Å². The molecule has 5 unspecified atom stereocenters. The van der Waals surface area contributed by atoms with Crippen LogP contribution in [0.5, 0.6) is 0 Å². The lowest BCUT2D eigenvalue weighted by atomic mass is 9.86. The molecule has 20 heavy (non-hydrogen) atoms. The number of likely N-dealkylation sites (tertiary alicyclic amines) is 1. The third-order valence-electron chi connectivity index (χ3n) is 4.99. The van der Waals surface area contributed by atoms with Crippen LogP contribution in [0.1, 0.15) is 47.0 Å². The summed E-state index contributed by atoms with van der Waals surface area (Å²) in [4.78, 5) is 5.15. The van der Waals surface area contributed by atoms with Gasteiger partial charge in [0.2, 0.25) is 0 Å². The maximum absolute atomic E-state index is 5.84. The molecular formula is C17H34N2O. The molecule has 0 spiro atoms. The number of rotatable bonds is 4. The molecule has 0 aliphatic carbocycles. The van der Waals surface area contributed by atoms with Gasteiger partial charge in [0.25, 0.3) is 0 Å². The molecule has 2 aliphatic heterocycles. The van der Waals surface area contributed by atoms with E-state index >= 15 is 0 Å². The smallest absolute Gasteiger partial charge is 0.0678 e. The number of piperidine rings is 1. The van der Waals surface area contributed by atoms with Crippen molar-refractivity contribution in [2.24, 2.45) is 11.8 Å². The topological polar surface area (TPSA) is 15.7 Å². The summed E-state index contributed by atoms with van der Waals surface area (Å²) in [6.45, 7) is 14.0. The van der Waals surface area contributed by atoms with Gasteiger partial charge in [-0.05, 0) is 58.9 Å². The standard InChI is InChI=1S/C17H34N2O/c1-13-8-17(12-18(5)9-13)7-6-14(2)19-10-15(3)20-16(4)11-19/h13-17H,6-12H2,1-5H3. The quantitative estimate of drug-likeness (QED) is 0.788. The molecule has 0 aromatic rings. The number of morpholine rings is 1. The molecule has 3 nitrogen and oxygen atoms in total. The minimum Gasteiger partial charge on any atom is -0.373 e. The predicted octanol–water partition coefficient (Wildman–Crippen LogP) is 2.85. The second-order valence-corrected chi connectivity index (χ2v) is 7.57. The lowest BCUT2D eigenvalue weighted by Crippen LogP contribution is -2.49. The zero-order valence-electron chi connectivity index (χ0n) is 14.1. The second-order valence-electron chi connectivity index (χ2n) is 7.57. The Bertz CT molecular complexity index is 277. The van der Waals surface area contributed by atoms with Gasteiger partial charge >= 0.3 is 0 Å². The fraction of sp³-hybridized carbons (Fsp3) is 1.00. The molecular weight excluding hydrogens is 248 g/mol. The van der Waals surface area contributed by atoms with Crippen molar-refractivity contribution in [2.75, 3.05) is 33.2 Å². The van der Waals surface area contributed by atoms with Gasteiger partial charge in [-0.2, -0.15) is 0 Å². The zero-order valence-corrected chi connectivity index (χ0v) is 14.1. The number of hydrogen-bond donors (Lipinski definition) is 0. The van der Waals surface area contributed by atoms with Gasteiger partial charge in [0.05, 0.1) is 12.2 Å². The van der Waals surface area contributed by atoms with Crippen molar-refractivity contribution < 1.29 is 4.74 Å². The Balaban J connectivity index is 1.75. The normalized spacial score (nSPS) is 38.9. The summed E-state index contributed by atoms with van der Waals surface area (Å²) in [6, 6.07) is 0.700. The number of ether oxygens (including phenoxy) is 1. The van der Waals surface area contributed by atoms with E-state index in [1.54, 1.807) is 0 Å².